The van der Waals surface area contributed by atoms with Crippen LogP contribution in [0.2, 0.25) is 0 Å². The maximum absolute atomic E-state index is 2.41. The van der Waals surface area contributed by atoms with Gasteiger partial charge in [-0.25, -0.2) is 0 Å². The van der Waals surface area contributed by atoms with E-state index in [4.69, 9.17) is 0 Å². The van der Waals surface area contributed by atoms with Crippen molar-refractivity contribution < 1.29 is 0 Å². The fraction of sp³-hybridized carbons (Fsp3) is 0. The van der Waals surface area contributed by atoms with Crippen LogP contribution in [0.15, 0.2) is 224 Å². The Kier molecular flexibility index (Phi) is 8.24. The van der Waals surface area contributed by atoms with Gasteiger partial charge in [0.15, 0.2) is 0 Å². The molecule has 0 N–H and O–H groups in total. The zero-order valence-electron chi connectivity index (χ0n) is 30.3. The van der Waals surface area contributed by atoms with Crippen molar-refractivity contribution in [2.75, 3.05) is 4.90 Å². The number of fused-ring (bicyclic) bond motifs is 4. The van der Waals surface area contributed by atoms with Gasteiger partial charge in [-0.1, -0.05) is 182 Å². The predicted molar refractivity (Wildman–Crippen MR) is 235 cm³/mol. The molecule has 0 aromatic heterocycles. The molecule has 0 saturated heterocycles. The fourth-order valence-electron chi connectivity index (χ4n) is 7.98. The molecule has 0 saturated carbocycles. The molecular weight excluding hydrogens is 663 g/mol. The Hall–Kier alpha value is -7.22. The van der Waals surface area contributed by atoms with Crippen LogP contribution < -0.4 is 4.90 Å². The van der Waals surface area contributed by atoms with Crippen molar-refractivity contribution >= 4 is 49.4 Å². The quantitative estimate of drug-likeness (QED) is 0.150. The van der Waals surface area contributed by atoms with Gasteiger partial charge in [0.1, 0.15) is 0 Å². The molecule has 0 aliphatic heterocycles. The molecule has 0 unspecified atom stereocenters. The molecule has 0 aliphatic carbocycles. The summed E-state index contributed by atoms with van der Waals surface area (Å²) in [6.45, 7) is 0. The molecule has 10 aromatic carbocycles. The third kappa shape index (κ3) is 6.22. The van der Waals surface area contributed by atoms with E-state index < -0.39 is 0 Å². The standard InChI is InChI=1S/C54H37N/c1-3-11-38(12-4-1)40-23-29-49(30-24-40)55(50-31-25-41(26-32-50)45-27-33-52-48(36-45)22-20-43-16-9-10-18-51(43)52)54-37-47(28-34-53(54)42-14-5-2-6-15-42)46-21-19-39-13-7-8-17-44(39)35-46/h1-37H. The van der Waals surface area contributed by atoms with E-state index in [-0.39, 0.29) is 0 Å². The van der Waals surface area contributed by atoms with Crippen molar-refractivity contribution in [3.8, 4) is 44.5 Å². The molecule has 0 fully saturated rings. The molecule has 55 heavy (non-hydrogen) atoms. The summed E-state index contributed by atoms with van der Waals surface area (Å²) in [6, 6.07) is 81.5. The summed E-state index contributed by atoms with van der Waals surface area (Å²) in [5, 5.41) is 7.56. The largest absolute Gasteiger partial charge is 0.310 e. The highest BCUT2D eigenvalue weighted by Crippen LogP contribution is 2.44. The molecule has 1 nitrogen and oxygen atoms in total. The van der Waals surface area contributed by atoms with Gasteiger partial charge in [-0.3, -0.25) is 0 Å². The lowest BCUT2D eigenvalue weighted by molar-refractivity contribution is 1.28. The van der Waals surface area contributed by atoms with E-state index in [0.717, 1.165) is 17.1 Å². The molecule has 0 bridgehead atoms. The minimum atomic E-state index is 1.09. The first-order chi connectivity index (χ1) is 27.2. The highest BCUT2D eigenvalue weighted by Gasteiger charge is 2.19. The highest BCUT2D eigenvalue weighted by molar-refractivity contribution is 6.08. The van der Waals surface area contributed by atoms with Crippen LogP contribution in [-0.2, 0) is 0 Å². The van der Waals surface area contributed by atoms with E-state index in [0.29, 0.717) is 0 Å². The molecular formula is C54H37N. The van der Waals surface area contributed by atoms with Crippen LogP contribution in [0.3, 0.4) is 0 Å². The van der Waals surface area contributed by atoms with Crippen LogP contribution in [0.4, 0.5) is 17.1 Å². The Balaban J connectivity index is 1.12. The van der Waals surface area contributed by atoms with Gasteiger partial charge in [-0.2, -0.15) is 0 Å². The van der Waals surface area contributed by atoms with Crippen molar-refractivity contribution in [2.24, 2.45) is 0 Å². The summed E-state index contributed by atoms with van der Waals surface area (Å²) in [4.78, 5) is 2.41. The summed E-state index contributed by atoms with van der Waals surface area (Å²) >= 11 is 0. The molecule has 0 radical (unpaired) electrons. The Bertz CT molecular complexity index is 2950. The van der Waals surface area contributed by atoms with Crippen LogP contribution in [0.5, 0.6) is 0 Å². The SMILES string of the molecule is c1ccc(-c2ccc(N(c3ccc(-c4ccc5c(ccc6ccccc65)c4)cc3)c3cc(-c4ccc5ccccc5c4)ccc3-c3ccccc3)cc2)cc1. The van der Waals surface area contributed by atoms with Crippen LogP contribution in [0, 0.1) is 0 Å². The number of hydrogen-bond donors (Lipinski definition) is 0. The first kappa shape index (κ1) is 32.4. The summed E-state index contributed by atoms with van der Waals surface area (Å²) in [7, 11) is 0. The summed E-state index contributed by atoms with van der Waals surface area (Å²) in [6.07, 6.45) is 0. The minimum absolute atomic E-state index is 1.09. The Morgan fingerprint density at radius 3 is 1.40 bits per heavy atom. The average molecular weight is 700 g/mol. The first-order valence-corrected chi connectivity index (χ1v) is 18.9. The van der Waals surface area contributed by atoms with Gasteiger partial charge in [0, 0.05) is 16.9 Å². The van der Waals surface area contributed by atoms with Crippen molar-refractivity contribution in [2.45, 2.75) is 0 Å². The van der Waals surface area contributed by atoms with Gasteiger partial charge in [0.2, 0.25) is 0 Å². The molecule has 10 aromatic rings. The summed E-state index contributed by atoms with van der Waals surface area (Å²) in [5.74, 6) is 0. The number of anilines is 3. The van der Waals surface area contributed by atoms with Gasteiger partial charge in [-0.05, 0) is 114 Å². The molecule has 0 heterocycles. The Morgan fingerprint density at radius 2 is 0.673 bits per heavy atom. The second-order valence-corrected chi connectivity index (χ2v) is 14.2. The second kappa shape index (κ2) is 14.0. The van der Waals surface area contributed by atoms with Crippen LogP contribution >= 0.6 is 0 Å². The smallest absolute Gasteiger partial charge is 0.0546 e. The summed E-state index contributed by atoms with van der Waals surface area (Å²) in [5.41, 5.74) is 12.8. The Morgan fingerprint density at radius 1 is 0.236 bits per heavy atom. The van der Waals surface area contributed by atoms with E-state index in [9.17, 15) is 0 Å². The van der Waals surface area contributed by atoms with E-state index in [2.05, 4.69) is 229 Å². The molecule has 0 amide bonds. The molecule has 0 aliphatic rings. The van der Waals surface area contributed by atoms with Gasteiger partial charge in [0.25, 0.3) is 0 Å². The number of benzene rings is 10. The van der Waals surface area contributed by atoms with Crippen molar-refractivity contribution in [1.82, 2.24) is 0 Å². The van der Waals surface area contributed by atoms with Gasteiger partial charge >= 0.3 is 0 Å². The third-order valence-corrected chi connectivity index (χ3v) is 10.8. The molecule has 0 atom stereocenters. The predicted octanol–water partition coefficient (Wildman–Crippen LogP) is 15.3. The third-order valence-electron chi connectivity index (χ3n) is 10.8. The lowest BCUT2D eigenvalue weighted by Gasteiger charge is -2.29. The van der Waals surface area contributed by atoms with E-state index in [1.807, 2.05) is 0 Å². The highest BCUT2D eigenvalue weighted by atomic mass is 15.1. The molecule has 10 rings (SSSR count). The van der Waals surface area contributed by atoms with Crippen LogP contribution in [0.1, 0.15) is 0 Å². The Labute approximate surface area is 322 Å². The number of nitrogens with zero attached hydrogens (tertiary/aromatic N) is 1. The molecule has 0 spiro atoms. The van der Waals surface area contributed by atoms with Gasteiger partial charge in [-0.15, -0.1) is 0 Å². The van der Waals surface area contributed by atoms with E-state index in [1.165, 1.54) is 76.8 Å². The average Bonchev–Trinajstić information content (AvgIpc) is 3.27. The van der Waals surface area contributed by atoms with Crippen LogP contribution in [0.25, 0.3) is 76.8 Å². The molecule has 1 heteroatoms. The van der Waals surface area contributed by atoms with Crippen LogP contribution in [-0.4, -0.2) is 0 Å². The minimum Gasteiger partial charge on any atom is -0.310 e. The summed E-state index contributed by atoms with van der Waals surface area (Å²) < 4.78 is 0. The maximum Gasteiger partial charge on any atom is 0.0546 e. The number of rotatable bonds is 7. The lowest BCUT2D eigenvalue weighted by Crippen LogP contribution is -2.11. The van der Waals surface area contributed by atoms with Crippen molar-refractivity contribution in [1.29, 1.82) is 0 Å². The topological polar surface area (TPSA) is 3.24 Å². The lowest BCUT2D eigenvalue weighted by atomic mass is 9.95. The van der Waals surface area contributed by atoms with E-state index >= 15 is 0 Å². The van der Waals surface area contributed by atoms with E-state index in [1.54, 1.807) is 0 Å². The van der Waals surface area contributed by atoms with Gasteiger partial charge < -0.3 is 4.90 Å². The number of hydrogen-bond acceptors (Lipinski definition) is 1. The first-order valence-electron chi connectivity index (χ1n) is 18.9. The maximum atomic E-state index is 2.41. The second-order valence-electron chi connectivity index (χ2n) is 14.2. The van der Waals surface area contributed by atoms with Crippen molar-refractivity contribution in [3.63, 3.8) is 0 Å². The fourth-order valence-corrected chi connectivity index (χ4v) is 7.98. The monoisotopic (exact) mass is 699 g/mol. The normalized spacial score (nSPS) is 11.3. The molecule has 258 valence electrons. The zero-order chi connectivity index (χ0) is 36.6. The van der Waals surface area contributed by atoms with Crippen molar-refractivity contribution in [3.05, 3.63) is 224 Å². The van der Waals surface area contributed by atoms with Gasteiger partial charge in [0.05, 0.1) is 5.69 Å². The zero-order valence-corrected chi connectivity index (χ0v) is 30.3.